The molecule has 1 amide bonds. The van der Waals surface area contributed by atoms with Crippen molar-refractivity contribution in [2.75, 3.05) is 7.05 Å². The van der Waals surface area contributed by atoms with Crippen LogP contribution in [0.3, 0.4) is 0 Å². The van der Waals surface area contributed by atoms with Crippen LogP contribution >= 0.6 is 34.2 Å². The highest BCUT2D eigenvalue weighted by Gasteiger charge is 2.14. The summed E-state index contributed by atoms with van der Waals surface area (Å²) in [6.07, 6.45) is 0. The number of hydrogen-bond donors (Lipinski definition) is 0. The van der Waals surface area contributed by atoms with Crippen molar-refractivity contribution in [1.29, 1.82) is 0 Å². The van der Waals surface area contributed by atoms with Gasteiger partial charge < -0.3 is 4.90 Å². The molecule has 0 saturated heterocycles. The highest BCUT2D eigenvalue weighted by molar-refractivity contribution is 14.1. The fourth-order valence-electron chi connectivity index (χ4n) is 1.07. The van der Waals surface area contributed by atoms with Gasteiger partial charge >= 0.3 is 0 Å². The smallest absolute Gasteiger partial charge is 0.253 e. The quantitative estimate of drug-likeness (QED) is 0.757. The molecule has 0 aliphatic heterocycles. The first-order valence-electron chi connectivity index (χ1n) is 4.65. The number of nitrogens with zero attached hydrogens (tertiary/aromatic N) is 1. The predicted molar refractivity (Wildman–Crippen MR) is 71.4 cm³/mol. The second-order valence-electron chi connectivity index (χ2n) is 3.64. The lowest BCUT2D eigenvalue weighted by molar-refractivity contribution is 0.0755. The largest absolute Gasteiger partial charge is 0.339 e. The van der Waals surface area contributed by atoms with E-state index in [9.17, 15) is 4.79 Å². The summed E-state index contributed by atoms with van der Waals surface area (Å²) in [6, 6.07) is 5.56. The highest BCUT2D eigenvalue weighted by atomic mass is 127. The van der Waals surface area contributed by atoms with Crippen LogP contribution in [0, 0.1) is 3.57 Å². The molecular weight excluding hydrogens is 324 g/mol. The minimum Gasteiger partial charge on any atom is -0.339 e. The van der Waals surface area contributed by atoms with Gasteiger partial charge in [0.15, 0.2) is 0 Å². The van der Waals surface area contributed by atoms with Crippen LogP contribution in [0.1, 0.15) is 24.2 Å². The summed E-state index contributed by atoms with van der Waals surface area (Å²) in [5, 5.41) is 0.624. The highest BCUT2D eigenvalue weighted by Crippen LogP contribution is 2.20. The van der Waals surface area contributed by atoms with E-state index in [0.717, 1.165) is 3.57 Å². The summed E-state index contributed by atoms with van der Waals surface area (Å²) < 4.78 is 0.956. The van der Waals surface area contributed by atoms with E-state index in [1.165, 1.54) is 0 Å². The Morgan fingerprint density at radius 1 is 1.47 bits per heavy atom. The standard InChI is InChI=1S/C11H13ClINO/c1-7(2)14(3)11(15)8-4-5-10(13)9(12)6-8/h4-7H,1-3H3. The molecule has 2 nitrogen and oxygen atoms in total. The Morgan fingerprint density at radius 2 is 2.07 bits per heavy atom. The maximum absolute atomic E-state index is 11.9. The SMILES string of the molecule is CC(C)N(C)C(=O)c1ccc(I)c(Cl)c1. The van der Waals surface area contributed by atoms with E-state index in [-0.39, 0.29) is 11.9 Å². The van der Waals surface area contributed by atoms with Crippen molar-refractivity contribution >= 4 is 40.1 Å². The number of benzene rings is 1. The molecule has 15 heavy (non-hydrogen) atoms. The van der Waals surface area contributed by atoms with Gasteiger partial charge in [0.25, 0.3) is 5.91 Å². The summed E-state index contributed by atoms with van der Waals surface area (Å²) in [7, 11) is 1.79. The Hall–Kier alpha value is -0.290. The molecule has 0 atom stereocenters. The molecule has 0 aliphatic rings. The van der Waals surface area contributed by atoms with Crippen molar-refractivity contribution in [3.8, 4) is 0 Å². The summed E-state index contributed by atoms with van der Waals surface area (Å²) in [6.45, 7) is 3.96. The van der Waals surface area contributed by atoms with Crippen LogP contribution in [-0.2, 0) is 0 Å². The fraction of sp³-hybridized carbons (Fsp3) is 0.364. The van der Waals surface area contributed by atoms with Gasteiger partial charge in [-0.25, -0.2) is 0 Å². The molecule has 1 aromatic carbocycles. The molecule has 0 unspecified atom stereocenters. The number of halogens is 2. The van der Waals surface area contributed by atoms with Gasteiger partial charge in [-0.2, -0.15) is 0 Å². The van der Waals surface area contributed by atoms with Crippen LogP contribution in [0.2, 0.25) is 5.02 Å². The lowest BCUT2D eigenvalue weighted by atomic mass is 10.2. The van der Waals surface area contributed by atoms with Gasteiger partial charge in [-0.15, -0.1) is 0 Å². The van der Waals surface area contributed by atoms with Crippen LogP contribution in [-0.4, -0.2) is 23.9 Å². The Labute approximate surface area is 109 Å². The summed E-state index contributed by atoms with van der Waals surface area (Å²) in [5.41, 5.74) is 0.636. The summed E-state index contributed by atoms with van der Waals surface area (Å²) >= 11 is 8.10. The lowest BCUT2D eigenvalue weighted by Crippen LogP contribution is -2.32. The maximum Gasteiger partial charge on any atom is 0.253 e. The Kier molecular flexibility index (Phi) is 4.40. The molecular formula is C11H13ClINO. The van der Waals surface area contributed by atoms with Gasteiger partial charge in [0.2, 0.25) is 0 Å². The van der Waals surface area contributed by atoms with E-state index >= 15 is 0 Å². The van der Waals surface area contributed by atoms with Gasteiger partial charge in [-0.05, 0) is 54.6 Å². The molecule has 0 spiro atoms. The maximum atomic E-state index is 11.9. The minimum absolute atomic E-state index is 0.00306. The van der Waals surface area contributed by atoms with Crippen molar-refractivity contribution in [3.63, 3.8) is 0 Å². The third-order valence-electron chi connectivity index (χ3n) is 2.26. The summed E-state index contributed by atoms with van der Waals surface area (Å²) in [4.78, 5) is 13.6. The van der Waals surface area contributed by atoms with Crippen LogP contribution in [0.25, 0.3) is 0 Å². The zero-order valence-corrected chi connectivity index (χ0v) is 11.8. The van der Waals surface area contributed by atoms with E-state index in [1.54, 1.807) is 24.1 Å². The van der Waals surface area contributed by atoms with Gasteiger partial charge in [0.05, 0.1) is 5.02 Å². The van der Waals surface area contributed by atoms with Gasteiger partial charge in [0, 0.05) is 22.2 Å². The molecule has 0 saturated carbocycles. The average molecular weight is 338 g/mol. The Morgan fingerprint density at radius 3 is 2.53 bits per heavy atom. The van der Waals surface area contributed by atoms with E-state index in [1.807, 2.05) is 19.9 Å². The molecule has 1 aromatic rings. The number of hydrogen-bond acceptors (Lipinski definition) is 1. The first kappa shape index (κ1) is 12.8. The molecule has 0 aromatic heterocycles. The van der Waals surface area contributed by atoms with Crippen molar-refractivity contribution < 1.29 is 4.79 Å². The second kappa shape index (κ2) is 5.16. The third kappa shape index (κ3) is 3.08. The van der Waals surface area contributed by atoms with E-state index in [0.29, 0.717) is 10.6 Å². The minimum atomic E-state index is 0.00306. The molecule has 1 rings (SSSR count). The Balaban J connectivity index is 2.97. The number of carbonyl (C=O) groups is 1. The first-order chi connectivity index (χ1) is 6.93. The van der Waals surface area contributed by atoms with Crippen molar-refractivity contribution in [2.24, 2.45) is 0 Å². The van der Waals surface area contributed by atoms with Crippen molar-refractivity contribution in [3.05, 3.63) is 32.4 Å². The normalized spacial score (nSPS) is 10.5. The van der Waals surface area contributed by atoms with E-state index in [4.69, 9.17) is 11.6 Å². The topological polar surface area (TPSA) is 20.3 Å². The number of rotatable bonds is 2. The van der Waals surface area contributed by atoms with E-state index < -0.39 is 0 Å². The molecule has 0 fully saturated rings. The van der Waals surface area contributed by atoms with Crippen LogP contribution in [0.4, 0.5) is 0 Å². The van der Waals surface area contributed by atoms with Gasteiger partial charge in [0.1, 0.15) is 0 Å². The number of carbonyl (C=O) groups excluding carboxylic acids is 1. The first-order valence-corrected chi connectivity index (χ1v) is 6.11. The predicted octanol–water partition coefficient (Wildman–Crippen LogP) is 3.43. The molecule has 0 heterocycles. The molecule has 0 N–H and O–H groups in total. The molecule has 4 heteroatoms. The molecule has 0 radical (unpaired) electrons. The number of amides is 1. The van der Waals surface area contributed by atoms with Crippen LogP contribution in [0.5, 0.6) is 0 Å². The molecule has 0 aliphatic carbocycles. The zero-order chi connectivity index (χ0) is 11.6. The molecule has 0 bridgehead atoms. The summed E-state index contributed by atoms with van der Waals surface area (Å²) in [5.74, 6) is 0.00306. The van der Waals surface area contributed by atoms with Crippen molar-refractivity contribution in [1.82, 2.24) is 4.90 Å². The average Bonchev–Trinajstić information content (AvgIpc) is 2.19. The second-order valence-corrected chi connectivity index (χ2v) is 5.21. The lowest BCUT2D eigenvalue weighted by Gasteiger charge is -2.21. The van der Waals surface area contributed by atoms with Crippen molar-refractivity contribution in [2.45, 2.75) is 19.9 Å². The van der Waals surface area contributed by atoms with Gasteiger partial charge in [-0.1, -0.05) is 11.6 Å². The molecule has 82 valence electrons. The zero-order valence-electron chi connectivity index (χ0n) is 8.92. The van der Waals surface area contributed by atoms with Crippen LogP contribution < -0.4 is 0 Å². The van der Waals surface area contributed by atoms with Crippen LogP contribution in [0.15, 0.2) is 18.2 Å². The van der Waals surface area contributed by atoms with Gasteiger partial charge in [-0.3, -0.25) is 4.79 Å². The third-order valence-corrected chi connectivity index (χ3v) is 3.83. The van der Waals surface area contributed by atoms with E-state index in [2.05, 4.69) is 22.6 Å². The Bertz CT molecular complexity index is 379. The fourth-order valence-corrected chi connectivity index (χ4v) is 1.58. The monoisotopic (exact) mass is 337 g/mol.